The van der Waals surface area contributed by atoms with Gasteiger partial charge in [0.2, 0.25) is 0 Å². The van der Waals surface area contributed by atoms with Gasteiger partial charge in [0, 0.05) is 5.92 Å². The number of halogens is 1. The van der Waals surface area contributed by atoms with Crippen molar-refractivity contribution in [2.24, 2.45) is 5.73 Å². The topological polar surface area (TPSA) is 112 Å². The molecule has 6 nitrogen and oxygen atoms in total. The van der Waals surface area contributed by atoms with Crippen molar-refractivity contribution in [3.63, 3.8) is 0 Å². The summed E-state index contributed by atoms with van der Waals surface area (Å²) >= 11 is 0. The summed E-state index contributed by atoms with van der Waals surface area (Å²) in [4.78, 5) is 20.0. The van der Waals surface area contributed by atoms with Gasteiger partial charge >= 0.3 is 0 Å². The molecule has 0 aromatic heterocycles. The van der Waals surface area contributed by atoms with Crippen LogP contribution in [-0.4, -0.2) is 10.8 Å². The van der Waals surface area contributed by atoms with Crippen LogP contribution < -0.4 is 11.5 Å². The third kappa shape index (κ3) is 2.45. The number of hydrogen-bond donors (Lipinski definition) is 2. The van der Waals surface area contributed by atoms with E-state index >= 15 is 0 Å². The van der Waals surface area contributed by atoms with Crippen LogP contribution in [0.25, 0.3) is 0 Å². The molecule has 1 amide bonds. The number of amides is 1. The first-order chi connectivity index (χ1) is 7.41. The molecule has 1 rings (SSSR count). The van der Waals surface area contributed by atoms with Crippen LogP contribution in [0.15, 0.2) is 12.1 Å². The van der Waals surface area contributed by atoms with Crippen molar-refractivity contribution >= 4 is 17.3 Å². The van der Waals surface area contributed by atoms with Gasteiger partial charge in [-0.15, -0.1) is 0 Å². The van der Waals surface area contributed by atoms with Gasteiger partial charge in [0.25, 0.3) is 11.6 Å². The van der Waals surface area contributed by atoms with Crippen LogP contribution >= 0.6 is 0 Å². The van der Waals surface area contributed by atoms with Crippen LogP contribution in [0.5, 0.6) is 0 Å². The van der Waals surface area contributed by atoms with E-state index in [2.05, 4.69) is 5.92 Å². The van der Waals surface area contributed by atoms with Gasteiger partial charge in [-0.05, 0) is 6.07 Å². The lowest BCUT2D eigenvalue weighted by Crippen LogP contribution is -2.06. The third-order valence-corrected chi connectivity index (χ3v) is 1.64. The Morgan fingerprint density at radius 1 is 1.50 bits per heavy atom. The van der Waals surface area contributed by atoms with Gasteiger partial charge in [-0.3, -0.25) is 14.9 Å². The van der Waals surface area contributed by atoms with Gasteiger partial charge in [-0.1, -0.05) is 5.92 Å². The standard InChI is InChI=1S/C9H6FN3O3/c10-6-3-5(1-2-8(11)14)9(12)7(4-6)13(15)16/h3-4H,12H2,(H2,11,14). The van der Waals surface area contributed by atoms with Crippen LogP contribution in [0.4, 0.5) is 15.8 Å². The molecule has 7 heteroatoms. The summed E-state index contributed by atoms with van der Waals surface area (Å²) in [5, 5.41) is 10.5. The van der Waals surface area contributed by atoms with Crippen LogP contribution in [0, 0.1) is 27.8 Å². The summed E-state index contributed by atoms with van der Waals surface area (Å²) in [7, 11) is 0. The highest BCUT2D eigenvalue weighted by atomic mass is 19.1. The lowest BCUT2D eigenvalue weighted by Gasteiger charge is -2.00. The first kappa shape index (κ1) is 11.5. The number of nitrogen functional groups attached to an aromatic ring is 1. The average molecular weight is 223 g/mol. The molecule has 0 saturated carbocycles. The second-order valence-electron chi connectivity index (χ2n) is 2.76. The predicted octanol–water partition coefficient (Wildman–Crippen LogP) is 0.153. The number of hydrogen-bond acceptors (Lipinski definition) is 4. The number of benzene rings is 1. The fourth-order valence-corrected chi connectivity index (χ4v) is 0.987. The molecular weight excluding hydrogens is 217 g/mol. The molecule has 1 aromatic rings. The molecule has 0 spiro atoms. The summed E-state index contributed by atoms with van der Waals surface area (Å²) in [6.45, 7) is 0. The maximum absolute atomic E-state index is 12.9. The van der Waals surface area contributed by atoms with Gasteiger partial charge in [-0.25, -0.2) is 4.39 Å². The minimum Gasteiger partial charge on any atom is -0.392 e. The molecule has 0 radical (unpaired) electrons. The molecule has 0 unspecified atom stereocenters. The van der Waals surface area contributed by atoms with E-state index < -0.39 is 22.3 Å². The lowest BCUT2D eigenvalue weighted by atomic mass is 10.1. The normalized spacial score (nSPS) is 9.06. The molecule has 82 valence electrons. The largest absolute Gasteiger partial charge is 0.392 e. The summed E-state index contributed by atoms with van der Waals surface area (Å²) in [6, 6.07) is 1.56. The van der Waals surface area contributed by atoms with Crippen molar-refractivity contribution in [2.45, 2.75) is 0 Å². The Balaban J connectivity index is 3.37. The van der Waals surface area contributed by atoms with Gasteiger partial charge in [0.05, 0.1) is 16.6 Å². The van der Waals surface area contributed by atoms with Crippen LogP contribution in [0.3, 0.4) is 0 Å². The maximum atomic E-state index is 12.9. The number of nitrogens with two attached hydrogens (primary N) is 2. The number of carbonyl (C=O) groups excluding carboxylic acids is 1. The number of nitrogens with zero attached hydrogens (tertiary/aromatic N) is 1. The van der Waals surface area contributed by atoms with E-state index in [-0.39, 0.29) is 11.3 Å². The number of rotatable bonds is 1. The summed E-state index contributed by atoms with van der Waals surface area (Å²) in [5.41, 5.74) is 9.07. The molecule has 0 atom stereocenters. The minimum atomic E-state index is -0.939. The summed E-state index contributed by atoms with van der Waals surface area (Å²) in [5.74, 6) is 2.27. The maximum Gasteiger partial charge on any atom is 0.296 e. The van der Waals surface area contributed by atoms with E-state index in [1.54, 1.807) is 0 Å². The first-order valence-electron chi connectivity index (χ1n) is 3.96. The number of primary amides is 1. The molecule has 0 aliphatic heterocycles. The SMILES string of the molecule is NC(=O)C#Cc1cc(F)cc([N+](=O)[O-])c1N. The Labute approximate surface area is 89.2 Å². The first-order valence-corrected chi connectivity index (χ1v) is 3.96. The highest BCUT2D eigenvalue weighted by molar-refractivity contribution is 5.93. The van der Waals surface area contributed by atoms with Crippen molar-refractivity contribution in [1.29, 1.82) is 0 Å². The Morgan fingerprint density at radius 3 is 2.62 bits per heavy atom. The zero-order valence-corrected chi connectivity index (χ0v) is 7.86. The Bertz CT molecular complexity index is 531. The van der Waals surface area contributed by atoms with E-state index in [0.29, 0.717) is 6.07 Å². The van der Waals surface area contributed by atoms with Crippen molar-refractivity contribution in [1.82, 2.24) is 0 Å². The lowest BCUT2D eigenvalue weighted by molar-refractivity contribution is -0.384. The summed E-state index contributed by atoms with van der Waals surface area (Å²) in [6.07, 6.45) is 0. The minimum absolute atomic E-state index is 0.148. The molecule has 0 aliphatic carbocycles. The molecule has 0 saturated heterocycles. The van der Waals surface area contributed by atoms with Gasteiger partial charge in [0.15, 0.2) is 0 Å². The fourth-order valence-electron chi connectivity index (χ4n) is 0.987. The van der Waals surface area contributed by atoms with E-state index in [9.17, 15) is 19.3 Å². The van der Waals surface area contributed by atoms with Crippen molar-refractivity contribution in [2.75, 3.05) is 5.73 Å². The smallest absolute Gasteiger partial charge is 0.296 e. The quantitative estimate of drug-likeness (QED) is 0.305. The van der Waals surface area contributed by atoms with E-state index in [1.165, 1.54) is 0 Å². The van der Waals surface area contributed by atoms with E-state index in [1.807, 2.05) is 5.92 Å². The second-order valence-corrected chi connectivity index (χ2v) is 2.76. The Hall–Kier alpha value is -2.62. The van der Waals surface area contributed by atoms with Gasteiger partial charge in [0.1, 0.15) is 11.5 Å². The molecular formula is C9H6FN3O3. The Morgan fingerprint density at radius 2 is 2.12 bits per heavy atom. The molecule has 0 bridgehead atoms. The molecule has 0 fully saturated rings. The highest BCUT2D eigenvalue weighted by Crippen LogP contribution is 2.25. The van der Waals surface area contributed by atoms with Crippen LogP contribution in [0.2, 0.25) is 0 Å². The highest BCUT2D eigenvalue weighted by Gasteiger charge is 2.16. The van der Waals surface area contributed by atoms with Gasteiger partial charge in [-0.2, -0.15) is 0 Å². The predicted molar refractivity (Wildman–Crippen MR) is 53.5 cm³/mol. The molecule has 4 N–H and O–H groups in total. The number of nitro groups is 1. The Kier molecular flexibility index (Phi) is 3.06. The van der Waals surface area contributed by atoms with Crippen molar-refractivity contribution < 1.29 is 14.1 Å². The van der Waals surface area contributed by atoms with Crippen LogP contribution in [-0.2, 0) is 4.79 Å². The van der Waals surface area contributed by atoms with Crippen molar-refractivity contribution in [3.8, 4) is 11.8 Å². The molecule has 16 heavy (non-hydrogen) atoms. The van der Waals surface area contributed by atoms with Crippen molar-refractivity contribution in [3.05, 3.63) is 33.6 Å². The zero-order valence-electron chi connectivity index (χ0n) is 7.86. The number of carbonyl (C=O) groups is 1. The monoisotopic (exact) mass is 223 g/mol. The third-order valence-electron chi connectivity index (χ3n) is 1.64. The van der Waals surface area contributed by atoms with E-state index in [4.69, 9.17) is 11.5 Å². The molecule has 1 aromatic carbocycles. The molecule has 0 heterocycles. The fraction of sp³-hybridized carbons (Fsp3) is 0. The zero-order chi connectivity index (χ0) is 12.3. The summed E-state index contributed by atoms with van der Waals surface area (Å²) < 4.78 is 12.9. The number of nitro benzene ring substituents is 1. The molecule has 0 aliphatic rings. The van der Waals surface area contributed by atoms with Crippen LogP contribution in [0.1, 0.15) is 5.56 Å². The van der Waals surface area contributed by atoms with Gasteiger partial charge < -0.3 is 11.5 Å². The second kappa shape index (κ2) is 4.27. The number of anilines is 1. The van der Waals surface area contributed by atoms with E-state index in [0.717, 1.165) is 6.07 Å². The average Bonchev–Trinajstić information content (AvgIpc) is 2.18.